The minimum absolute atomic E-state index is 0.180. The van der Waals surface area contributed by atoms with E-state index in [1.54, 1.807) is 4.72 Å². The second-order valence-electron chi connectivity index (χ2n) is 4.69. The SMILES string of the molecule is CC(C)(C)[Si](C)(C)OC(=O)NS(=O)(=O)Cl. The standard InChI is InChI=1S/C7H16ClNO4SSi/c1-7(2,3)15(4,5)13-6(10)9-14(8,11)12/h1-5H3,(H,9,10). The lowest BCUT2D eigenvalue weighted by Crippen LogP contribution is -2.45. The fourth-order valence-corrected chi connectivity index (χ4v) is 1.83. The first-order chi connectivity index (χ1) is 6.35. The third kappa shape index (κ3) is 5.38. The third-order valence-corrected chi connectivity index (χ3v) is 7.31. The Morgan fingerprint density at radius 3 is 2.00 bits per heavy atom. The molecule has 0 rings (SSSR count). The molecule has 0 saturated heterocycles. The molecule has 0 aliphatic heterocycles. The number of rotatable bonds is 2. The Labute approximate surface area is 95.8 Å². The smallest absolute Gasteiger partial charge is 0.408 e. The third-order valence-electron chi connectivity index (χ3n) is 2.36. The van der Waals surface area contributed by atoms with E-state index in [2.05, 4.69) is 0 Å². The van der Waals surface area contributed by atoms with Crippen LogP contribution in [-0.2, 0) is 13.7 Å². The first kappa shape index (κ1) is 14.7. The molecule has 1 amide bonds. The van der Waals surface area contributed by atoms with E-state index < -0.39 is 23.6 Å². The van der Waals surface area contributed by atoms with Crippen LogP contribution in [0, 0.1) is 0 Å². The minimum atomic E-state index is -4.07. The van der Waals surface area contributed by atoms with Crippen molar-refractivity contribution in [2.24, 2.45) is 0 Å². The van der Waals surface area contributed by atoms with Gasteiger partial charge in [-0.15, -0.1) is 0 Å². The molecule has 0 aromatic carbocycles. The van der Waals surface area contributed by atoms with Gasteiger partial charge in [0, 0.05) is 10.7 Å². The molecule has 0 heterocycles. The highest BCUT2D eigenvalue weighted by atomic mass is 35.7. The number of nitrogens with one attached hydrogen (secondary N) is 1. The van der Waals surface area contributed by atoms with E-state index in [0.717, 1.165) is 0 Å². The molecule has 0 aromatic rings. The van der Waals surface area contributed by atoms with Gasteiger partial charge in [0.2, 0.25) is 0 Å². The molecule has 0 spiro atoms. The zero-order valence-corrected chi connectivity index (χ0v) is 12.0. The van der Waals surface area contributed by atoms with Gasteiger partial charge in [0.1, 0.15) is 0 Å². The highest BCUT2D eigenvalue weighted by molar-refractivity contribution is 8.12. The fraction of sp³-hybridized carbons (Fsp3) is 0.857. The van der Waals surface area contributed by atoms with Crippen LogP contribution in [0.15, 0.2) is 0 Å². The summed E-state index contributed by atoms with van der Waals surface area (Å²) in [6, 6.07) is 0. The first-order valence-corrected chi connectivity index (χ1v) is 9.52. The van der Waals surface area contributed by atoms with Crippen molar-refractivity contribution in [1.29, 1.82) is 0 Å². The van der Waals surface area contributed by atoms with Gasteiger partial charge in [-0.1, -0.05) is 20.8 Å². The van der Waals surface area contributed by atoms with Crippen molar-refractivity contribution in [2.75, 3.05) is 0 Å². The number of carbonyl (C=O) groups is 1. The summed E-state index contributed by atoms with van der Waals surface area (Å²) in [5.74, 6) is 0. The molecule has 0 aliphatic carbocycles. The predicted molar refractivity (Wildman–Crippen MR) is 61.6 cm³/mol. The summed E-state index contributed by atoms with van der Waals surface area (Å²) < 4.78 is 27.8. The fourth-order valence-electron chi connectivity index (χ4n) is 0.505. The molecule has 8 heteroatoms. The molecule has 5 nitrogen and oxygen atoms in total. The van der Waals surface area contributed by atoms with Gasteiger partial charge in [-0.05, 0) is 18.1 Å². The lowest BCUT2D eigenvalue weighted by molar-refractivity contribution is 0.202. The zero-order chi connectivity index (χ0) is 12.5. The summed E-state index contributed by atoms with van der Waals surface area (Å²) in [6.45, 7) is 9.45. The summed E-state index contributed by atoms with van der Waals surface area (Å²) in [7, 11) is -1.53. The van der Waals surface area contributed by atoms with Crippen LogP contribution in [0.3, 0.4) is 0 Å². The number of hydrogen-bond donors (Lipinski definition) is 1. The Morgan fingerprint density at radius 1 is 1.33 bits per heavy atom. The van der Waals surface area contributed by atoms with E-state index in [9.17, 15) is 13.2 Å². The lowest BCUT2D eigenvalue weighted by Gasteiger charge is -2.34. The van der Waals surface area contributed by atoms with Crippen LogP contribution < -0.4 is 4.72 Å². The Hall–Kier alpha value is -0.273. The van der Waals surface area contributed by atoms with Crippen LogP contribution in [0.5, 0.6) is 0 Å². The van der Waals surface area contributed by atoms with Gasteiger partial charge in [0.15, 0.2) is 0 Å². The van der Waals surface area contributed by atoms with Crippen molar-refractivity contribution in [1.82, 2.24) is 4.72 Å². The van der Waals surface area contributed by atoms with E-state index in [4.69, 9.17) is 15.1 Å². The number of amides is 1. The lowest BCUT2D eigenvalue weighted by atomic mass is 10.2. The van der Waals surface area contributed by atoms with Crippen LogP contribution in [0.1, 0.15) is 20.8 Å². The molecule has 1 N–H and O–H groups in total. The monoisotopic (exact) mass is 273 g/mol. The minimum Gasteiger partial charge on any atom is -0.503 e. The zero-order valence-electron chi connectivity index (χ0n) is 9.42. The maximum Gasteiger partial charge on any atom is 0.408 e. The maximum atomic E-state index is 11.2. The molecular formula is C7H16ClNO4SSi. The molecule has 0 fully saturated rings. The quantitative estimate of drug-likeness (QED) is 0.618. The van der Waals surface area contributed by atoms with E-state index in [1.807, 2.05) is 33.9 Å². The molecule has 0 unspecified atom stereocenters. The second-order valence-corrected chi connectivity index (χ2v) is 11.7. The van der Waals surface area contributed by atoms with Gasteiger partial charge in [0.05, 0.1) is 0 Å². The Bertz CT molecular complexity index is 346. The molecule has 0 aromatic heterocycles. The topological polar surface area (TPSA) is 72.5 Å². The molecule has 0 aliphatic rings. The van der Waals surface area contributed by atoms with E-state index in [-0.39, 0.29) is 5.04 Å². The van der Waals surface area contributed by atoms with E-state index in [0.29, 0.717) is 0 Å². The van der Waals surface area contributed by atoms with Crippen molar-refractivity contribution in [3.8, 4) is 0 Å². The van der Waals surface area contributed by atoms with Crippen molar-refractivity contribution in [2.45, 2.75) is 38.9 Å². The van der Waals surface area contributed by atoms with Crippen LogP contribution in [0.25, 0.3) is 0 Å². The van der Waals surface area contributed by atoms with Crippen LogP contribution >= 0.6 is 10.7 Å². The van der Waals surface area contributed by atoms with Crippen molar-refractivity contribution in [3.05, 3.63) is 0 Å². The van der Waals surface area contributed by atoms with Gasteiger partial charge in [-0.3, -0.25) is 0 Å². The summed E-state index contributed by atoms with van der Waals surface area (Å²) in [4.78, 5) is 11.2. The predicted octanol–water partition coefficient (Wildman–Crippen LogP) is 2.20. The number of halogens is 1. The van der Waals surface area contributed by atoms with Gasteiger partial charge >= 0.3 is 15.3 Å². The van der Waals surface area contributed by atoms with Crippen LogP contribution in [0.4, 0.5) is 4.79 Å². The Balaban J connectivity index is 4.57. The molecule has 90 valence electrons. The van der Waals surface area contributed by atoms with Gasteiger partial charge in [-0.25, -0.2) is 9.52 Å². The van der Waals surface area contributed by atoms with Gasteiger partial charge < -0.3 is 4.43 Å². The van der Waals surface area contributed by atoms with Gasteiger partial charge in [0.25, 0.3) is 8.32 Å². The van der Waals surface area contributed by atoms with Crippen molar-refractivity contribution >= 4 is 34.3 Å². The molecule has 0 bridgehead atoms. The molecule has 0 atom stereocenters. The second kappa shape index (κ2) is 4.30. The summed E-state index contributed by atoms with van der Waals surface area (Å²) in [6.07, 6.45) is -1.02. The Kier molecular flexibility index (Phi) is 4.23. The Morgan fingerprint density at radius 2 is 1.73 bits per heavy atom. The highest BCUT2D eigenvalue weighted by Crippen LogP contribution is 2.36. The molecule has 15 heavy (non-hydrogen) atoms. The maximum absolute atomic E-state index is 11.2. The molecular weight excluding hydrogens is 258 g/mol. The highest BCUT2D eigenvalue weighted by Gasteiger charge is 2.40. The molecule has 0 saturated carbocycles. The summed E-state index contributed by atoms with van der Waals surface area (Å²) >= 11 is 0. The molecule has 0 radical (unpaired) electrons. The first-order valence-electron chi connectivity index (χ1n) is 4.30. The van der Waals surface area contributed by atoms with E-state index >= 15 is 0 Å². The summed E-state index contributed by atoms with van der Waals surface area (Å²) in [5.41, 5.74) is 0. The number of hydrogen-bond acceptors (Lipinski definition) is 4. The average molecular weight is 274 g/mol. The number of carbonyl (C=O) groups excluding carboxylic acids is 1. The van der Waals surface area contributed by atoms with E-state index in [1.165, 1.54) is 0 Å². The van der Waals surface area contributed by atoms with Crippen LogP contribution in [-0.4, -0.2) is 22.8 Å². The largest absolute Gasteiger partial charge is 0.503 e. The van der Waals surface area contributed by atoms with Gasteiger partial charge in [-0.2, -0.15) is 8.42 Å². The van der Waals surface area contributed by atoms with Crippen molar-refractivity contribution in [3.63, 3.8) is 0 Å². The summed E-state index contributed by atoms with van der Waals surface area (Å²) in [5, 5.41) is -0.180. The normalized spacial score (nSPS) is 13.5. The van der Waals surface area contributed by atoms with Crippen LogP contribution in [0.2, 0.25) is 18.1 Å². The van der Waals surface area contributed by atoms with Crippen molar-refractivity contribution < 1.29 is 17.6 Å². The average Bonchev–Trinajstić information content (AvgIpc) is 1.75.